The van der Waals surface area contributed by atoms with E-state index in [1.165, 1.54) is 23.8 Å². The van der Waals surface area contributed by atoms with Gasteiger partial charge >= 0.3 is 12.0 Å². The van der Waals surface area contributed by atoms with Crippen molar-refractivity contribution in [1.29, 1.82) is 0 Å². The summed E-state index contributed by atoms with van der Waals surface area (Å²) >= 11 is 1.49. The molecule has 7 heteroatoms. The van der Waals surface area contributed by atoms with E-state index in [1.54, 1.807) is 24.3 Å². The Bertz CT molecular complexity index is 537. The van der Waals surface area contributed by atoms with Gasteiger partial charge < -0.3 is 15.2 Å². The first kappa shape index (κ1) is 15.5. The number of hydrogen-bond donors (Lipinski definition) is 2. The molecule has 2 N–H and O–H groups in total. The van der Waals surface area contributed by atoms with Crippen LogP contribution in [0.15, 0.2) is 24.3 Å². The smallest absolute Gasteiger partial charge is 0.327 e. The Morgan fingerprint density at radius 2 is 2.19 bits per heavy atom. The summed E-state index contributed by atoms with van der Waals surface area (Å²) in [7, 11) is 1.52. The molecule has 1 saturated heterocycles. The fraction of sp³-hybridized carbons (Fsp3) is 0.429. The lowest BCUT2D eigenvalue weighted by Crippen LogP contribution is -2.47. The summed E-state index contributed by atoms with van der Waals surface area (Å²) in [6.45, 7) is 1.94. The number of carbonyl (C=O) groups is 2. The molecular weight excluding hydrogens is 292 g/mol. The zero-order chi connectivity index (χ0) is 15.4. The van der Waals surface area contributed by atoms with Crippen molar-refractivity contribution < 1.29 is 19.4 Å². The number of amides is 2. The highest BCUT2D eigenvalue weighted by molar-refractivity contribution is 8.00. The number of para-hydroxylation sites is 2. The van der Waals surface area contributed by atoms with Crippen LogP contribution in [-0.2, 0) is 4.79 Å². The number of carboxylic acid groups (broad SMARTS) is 1. The van der Waals surface area contributed by atoms with E-state index < -0.39 is 18.0 Å². The quantitative estimate of drug-likeness (QED) is 0.893. The number of methoxy groups -OCH3 is 1. The molecule has 2 amide bonds. The van der Waals surface area contributed by atoms with E-state index in [9.17, 15) is 14.7 Å². The summed E-state index contributed by atoms with van der Waals surface area (Å²) in [5.41, 5.74) is 0.529. The monoisotopic (exact) mass is 310 g/mol. The summed E-state index contributed by atoms with van der Waals surface area (Å²) in [6.07, 6.45) is 0.702. The second-order valence-corrected chi connectivity index (χ2v) is 5.80. The van der Waals surface area contributed by atoms with Crippen molar-refractivity contribution in [1.82, 2.24) is 4.90 Å². The molecule has 1 aromatic carbocycles. The standard InChI is InChI=1S/C14H18N2O4S/c1-3-12-16(10(8-21-12)13(17)18)14(19)15-9-6-4-5-7-11(9)20-2/h4-7,10,12H,3,8H2,1-2H3,(H,15,19)(H,17,18). The topological polar surface area (TPSA) is 78.9 Å². The normalized spacial score (nSPS) is 21.1. The number of hydrogen-bond acceptors (Lipinski definition) is 4. The number of benzene rings is 1. The van der Waals surface area contributed by atoms with Crippen molar-refractivity contribution in [2.75, 3.05) is 18.2 Å². The molecule has 0 saturated carbocycles. The lowest BCUT2D eigenvalue weighted by molar-refractivity contribution is -0.141. The van der Waals surface area contributed by atoms with Crippen LogP contribution in [0.4, 0.5) is 10.5 Å². The number of thioether (sulfide) groups is 1. The van der Waals surface area contributed by atoms with E-state index in [-0.39, 0.29) is 5.37 Å². The first-order valence-electron chi connectivity index (χ1n) is 6.65. The lowest BCUT2D eigenvalue weighted by atomic mass is 10.2. The number of nitrogens with zero attached hydrogens (tertiary/aromatic N) is 1. The van der Waals surface area contributed by atoms with Gasteiger partial charge in [0.25, 0.3) is 0 Å². The van der Waals surface area contributed by atoms with E-state index in [4.69, 9.17) is 4.74 Å². The molecule has 2 unspecified atom stereocenters. The van der Waals surface area contributed by atoms with Crippen molar-refractivity contribution in [2.24, 2.45) is 0 Å². The summed E-state index contributed by atoms with van der Waals surface area (Å²) in [4.78, 5) is 25.1. The summed E-state index contributed by atoms with van der Waals surface area (Å²) in [5.74, 6) is -0.0288. The summed E-state index contributed by atoms with van der Waals surface area (Å²) < 4.78 is 5.18. The number of aliphatic carboxylic acids is 1. The average molecular weight is 310 g/mol. The second kappa shape index (κ2) is 6.71. The van der Waals surface area contributed by atoms with Crippen molar-refractivity contribution in [3.63, 3.8) is 0 Å². The fourth-order valence-electron chi connectivity index (χ4n) is 2.27. The number of anilines is 1. The molecular formula is C14H18N2O4S. The number of rotatable bonds is 4. The van der Waals surface area contributed by atoms with Gasteiger partial charge in [0, 0.05) is 5.75 Å². The predicted octanol–water partition coefficient (Wildman–Crippen LogP) is 2.47. The largest absolute Gasteiger partial charge is 0.495 e. The first-order chi connectivity index (χ1) is 10.1. The first-order valence-corrected chi connectivity index (χ1v) is 7.70. The van der Waals surface area contributed by atoms with Crippen LogP contribution in [0.3, 0.4) is 0 Å². The number of carbonyl (C=O) groups excluding carboxylic acids is 1. The van der Waals surface area contributed by atoms with E-state index >= 15 is 0 Å². The molecule has 114 valence electrons. The number of ether oxygens (including phenoxy) is 1. The molecule has 21 heavy (non-hydrogen) atoms. The van der Waals surface area contributed by atoms with E-state index in [2.05, 4.69) is 5.32 Å². The zero-order valence-corrected chi connectivity index (χ0v) is 12.7. The molecule has 2 rings (SSSR count). The zero-order valence-electron chi connectivity index (χ0n) is 11.9. The maximum absolute atomic E-state index is 12.4. The number of carboxylic acids is 1. The Labute approximate surface area is 127 Å². The van der Waals surface area contributed by atoms with Gasteiger partial charge in [-0.1, -0.05) is 19.1 Å². The van der Waals surface area contributed by atoms with Gasteiger partial charge in [-0.15, -0.1) is 11.8 Å². The Morgan fingerprint density at radius 3 is 2.81 bits per heavy atom. The third-order valence-electron chi connectivity index (χ3n) is 3.31. The number of nitrogens with one attached hydrogen (secondary N) is 1. The van der Waals surface area contributed by atoms with Crippen LogP contribution >= 0.6 is 11.8 Å². The minimum absolute atomic E-state index is 0.124. The Kier molecular flexibility index (Phi) is 4.95. The SMILES string of the molecule is CCC1SCC(C(=O)O)N1C(=O)Nc1ccccc1OC. The minimum Gasteiger partial charge on any atom is -0.495 e. The molecule has 0 radical (unpaired) electrons. The van der Waals surface area contributed by atoms with Crippen LogP contribution in [0.2, 0.25) is 0 Å². The van der Waals surface area contributed by atoms with Crippen molar-refractivity contribution in [2.45, 2.75) is 24.8 Å². The minimum atomic E-state index is -0.978. The maximum atomic E-state index is 12.4. The molecule has 0 bridgehead atoms. The highest BCUT2D eigenvalue weighted by atomic mass is 32.2. The van der Waals surface area contributed by atoms with Crippen molar-refractivity contribution in [3.8, 4) is 5.75 Å². The lowest BCUT2D eigenvalue weighted by Gasteiger charge is -2.27. The fourth-order valence-corrected chi connectivity index (χ4v) is 3.61. The van der Waals surface area contributed by atoms with Gasteiger partial charge in [0.05, 0.1) is 18.2 Å². The van der Waals surface area contributed by atoms with Gasteiger partial charge in [-0.2, -0.15) is 0 Å². The number of urea groups is 1. The summed E-state index contributed by atoms with van der Waals surface area (Å²) in [6, 6.07) is 5.83. The van der Waals surface area contributed by atoms with Gasteiger partial charge in [0.2, 0.25) is 0 Å². The highest BCUT2D eigenvalue weighted by Crippen LogP contribution is 2.32. The van der Waals surface area contributed by atoms with Crippen molar-refractivity contribution in [3.05, 3.63) is 24.3 Å². The van der Waals surface area contributed by atoms with Crippen LogP contribution in [-0.4, -0.2) is 46.3 Å². The van der Waals surface area contributed by atoms with Gasteiger partial charge in [0.1, 0.15) is 11.8 Å². The third-order valence-corrected chi connectivity index (χ3v) is 4.76. The second-order valence-electron chi connectivity index (χ2n) is 4.59. The average Bonchev–Trinajstić information content (AvgIpc) is 2.92. The molecule has 2 atom stereocenters. The molecule has 1 heterocycles. The van der Waals surface area contributed by atoms with Gasteiger partial charge in [-0.05, 0) is 18.6 Å². The third kappa shape index (κ3) is 3.24. The van der Waals surface area contributed by atoms with Crippen LogP contribution in [0.25, 0.3) is 0 Å². The highest BCUT2D eigenvalue weighted by Gasteiger charge is 2.41. The maximum Gasteiger partial charge on any atom is 0.327 e. The van der Waals surface area contributed by atoms with Crippen molar-refractivity contribution >= 4 is 29.4 Å². The molecule has 1 aliphatic heterocycles. The van der Waals surface area contributed by atoms with Crippen LogP contribution in [0.5, 0.6) is 5.75 Å². The van der Waals surface area contributed by atoms with Gasteiger partial charge in [-0.3, -0.25) is 4.90 Å². The molecule has 0 aromatic heterocycles. The van der Waals surface area contributed by atoms with E-state index in [0.717, 1.165) is 0 Å². The van der Waals surface area contributed by atoms with E-state index in [0.29, 0.717) is 23.6 Å². The summed E-state index contributed by atoms with van der Waals surface area (Å²) in [5, 5.41) is 11.9. The molecule has 0 spiro atoms. The van der Waals surface area contributed by atoms with Crippen LogP contribution in [0, 0.1) is 0 Å². The molecule has 0 aliphatic carbocycles. The molecule has 1 aliphatic rings. The Hall–Kier alpha value is -1.89. The molecule has 1 fully saturated rings. The van der Waals surface area contributed by atoms with Gasteiger partial charge in [-0.25, -0.2) is 9.59 Å². The predicted molar refractivity (Wildman–Crippen MR) is 81.8 cm³/mol. The van der Waals surface area contributed by atoms with Crippen LogP contribution < -0.4 is 10.1 Å². The Morgan fingerprint density at radius 1 is 1.48 bits per heavy atom. The Balaban J connectivity index is 2.19. The molecule has 6 nitrogen and oxygen atoms in total. The van der Waals surface area contributed by atoms with Crippen LogP contribution in [0.1, 0.15) is 13.3 Å². The van der Waals surface area contributed by atoms with Gasteiger partial charge in [0.15, 0.2) is 0 Å². The van der Waals surface area contributed by atoms with E-state index in [1.807, 2.05) is 6.92 Å². The molecule has 1 aromatic rings.